The predicted molar refractivity (Wildman–Crippen MR) is 111 cm³/mol. The van der Waals surface area contributed by atoms with Gasteiger partial charge in [-0.3, -0.25) is 4.72 Å². The van der Waals surface area contributed by atoms with Crippen molar-refractivity contribution in [2.75, 3.05) is 4.72 Å². The standard InChI is InChI=1S/C21H20BrNO2S/c1-3-16-5-4-15(2)21(14-16)23-26(24,25)20-12-8-18(9-13-20)17-6-10-19(22)11-7-17/h4-14,23H,3H2,1-2H3. The van der Waals surface area contributed by atoms with Crippen LogP contribution in [0.4, 0.5) is 5.69 Å². The van der Waals surface area contributed by atoms with E-state index in [2.05, 4.69) is 20.7 Å². The van der Waals surface area contributed by atoms with Crippen molar-refractivity contribution >= 4 is 31.6 Å². The first-order valence-electron chi connectivity index (χ1n) is 8.37. The number of anilines is 1. The number of aryl methyl sites for hydroxylation is 2. The molecule has 0 aliphatic rings. The molecular weight excluding hydrogens is 410 g/mol. The van der Waals surface area contributed by atoms with E-state index in [1.165, 1.54) is 0 Å². The summed E-state index contributed by atoms with van der Waals surface area (Å²) in [6.07, 6.45) is 0.858. The minimum atomic E-state index is -3.62. The molecule has 26 heavy (non-hydrogen) atoms. The summed E-state index contributed by atoms with van der Waals surface area (Å²) < 4.78 is 29.2. The second kappa shape index (κ2) is 7.64. The van der Waals surface area contributed by atoms with Gasteiger partial charge in [0.1, 0.15) is 0 Å². The van der Waals surface area contributed by atoms with E-state index >= 15 is 0 Å². The van der Waals surface area contributed by atoms with E-state index in [1.807, 2.05) is 68.4 Å². The first kappa shape index (κ1) is 18.7. The molecule has 0 amide bonds. The van der Waals surface area contributed by atoms with Crippen molar-refractivity contribution in [1.29, 1.82) is 0 Å². The number of nitrogens with one attached hydrogen (secondary N) is 1. The zero-order chi connectivity index (χ0) is 18.7. The summed E-state index contributed by atoms with van der Waals surface area (Å²) in [6.45, 7) is 3.94. The van der Waals surface area contributed by atoms with Crippen LogP contribution in [0.2, 0.25) is 0 Å². The number of hydrogen-bond donors (Lipinski definition) is 1. The van der Waals surface area contributed by atoms with Crippen LogP contribution in [0.5, 0.6) is 0 Å². The lowest BCUT2D eigenvalue weighted by Gasteiger charge is -2.12. The lowest BCUT2D eigenvalue weighted by atomic mass is 10.1. The quantitative estimate of drug-likeness (QED) is 0.557. The largest absolute Gasteiger partial charge is 0.279 e. The molecule has 0 atom stereocenters. The number of sulfonamides is 1. The first-order valence-corrected chi connectivity index (χ1v) is 10.6. The van der Waals surface area contributed by atoms with E-state index in [1.54, 1.807) is 12.1 Å². The molecular formula is C21H20BrNO2S. The van der Waals surface area contributed by atoms with Crippen molar-refractivity contribution in [2.45, 2.75) is 25.2 Å². The molecule has 0 fully saturated rings. The number of halogens is 1. The third-order valence-electron chi connectivity index (χ3n) is 4.30. The maximum atomic E-state index is 12.7. The Morgan fingerprint density at radius 3 is 2.04 bits per heavy atom. The molecule has 0 aliphatic carbocycles. The summed E-state index contributed by atoms with van der Waals surface area (Å²) in [5.41, 5.74) is 4.63. The van der Waals surface area contributed by atoms with Gasteiger partial charge < -0.3 is 0 Å². The number of benzene rings is 3. The molecule has 3 aromatic rings. The molecule has 1 N–H and O–H groups in total. The minimum Gasteiger partial charge on any atom is -0.279 e. The van der Waals surface area contributed by atoms with Crippen LogP contribution < -0.4 is 4.72 Å². The fraction of sp³-hybridized carbons (Fsp3) is 0.143. The average molecular weight is 430 g/mol. The van der Waals surface area contributed by atoms with Crippen LogP contribution in [0.1, 0.15) is 18.1 Å². The third-order valence-corrected chi connectivity index (χ3v) is 6.21. The summed E-state index contributed by atoms with van der Waals surface area (Å²) in [6, 6.07) is 20.7. The Morgan fingerprint density at radius 1 is 0.885 bits per heavy atom. The van der Waals surface area contributed by atoms with Crippen LogP contribution in [0.3, 0.4) is 0 Å². The van der Waals surface area contributed by atoms with Gasteiger partial charge in [0.2, 0.25) is 0 Å². The van der Waals surface area contributed by atoms with Crippen molar-refractivity contribution in [3.63, 3.8) is 0 Å². The molecule has 0 radical (unpaired) electrons. The highest BCUT2D eigenvalue weighted by molar-refractivity contribution is 9.10. The van der Waals surface area contributed by atoms with Gasteiger partial charge >= 0.3 is 0 Å². The molecule has 0 saturated heterocycles. The maximum absolute atomic E-state index is 12.7. The predicted octanol–water partition coefficient (Wildman–Crippen LogP) is 5.79. The fourth-order valence-electron chi connectivity index (χ4n) is 2.67. The molecule has 0 heterocycles. The van der Waals surface area contributed by atoms with E-state index in [4.69, 9.17) is 0 Å². The molecule has 3 aromatic carbocycles. The Kier molecular flexibility index (Phi) is 5.49. The van der Waals surface area contributed by atoms with E-state index in [-0.39, 0.29) is 4.90 Å². The molecule has 0 spiro atoms. The van der Waals surface area contributed by atoms with Gasteiger partial charge in [0.25, 0.3) is 10.0 Å². The van der Waals surface area contributed by atoms with Gasteiger partial charge in [-0.1, -0.05) is 59.3 Å². The maximum Gasteiger partial charge on any atom is 0.261 e. The topological polar surface area (TPSA) is 46.2 Å². The average Bonchev–Trinajstić information content (AvgIpc) is 2.64. The summed E-state index contributed by atoms with van der Waals surface area (Å²) >= 11 is 3.42. The first-order chi connectivity index (χ1) is 12.4. The van der Waals surface area contributed by atoms with E-state index in [0.29, 0.717) is 5.69 Å². The molecule has 3 nitrogen and oxygen atoms in total. The second-order valence-corrected chi connectivity index (χ2v) is 8.74. The van der Waals surface area contributed by atoms with Crippen molar-refractivity contribution in [2.24, 2.45) is 0 Å². The van der Waals surface area contributed by atoms with Crippen LogP contribution >= 0.6 is 15.9 Å². The van der Waals surface area contributed by atoms with Crippen LogP contribution in [0.15, 0.2) is 76.1 Å². The normalized spacial score (nSPS) is 11.3. The van der Waals surface area contributed by atoms with Crippen LogP contribution in [-0.4, -0.2) is 8.42 Å². The minimum absolute atomic E-state index is 0.250. The summed E-state index contributed by atoms with van der Waals surface area (Å²) in [4.78, 5) is 0.250. The molecule has 0 unspecified atom stereocenters. The van der Waals surface area contributed by atoms with Gasteiger partial charge in [-0.05, 0) is 65.9 Å². The van der Waals surface area contributed by atoms with Crippen LogP contribution in [0, 0.1) is 6.92 Å². The highest BCUT2D eigenvalue weighted by Crippen LogP contribution is 2.25. The monoisotopic (exact) mass is 429 g/mol. The number of hydrogen-bond acceptors (Lipinski definition) is 2. The van der Waals surface area contributed by atoms with Crippen molar-refractivity contribution < 1.29 is 8.42 Å². The van der Waals surface area contributed by atoms with Gasteiger partial charge in [-0.2, -0.15) is 0 Å². The Labute approximate surface area is 163 Å². The lowest BCUT2D eigenvalue weighted by Crippen LogP contribution is -2.14. The summed E-state index contributed by atoms with van der Waals surface area (Å²) in [5, 5.41) is 0. The molecule has 3 rings (SSSR count). The molecule has 5 heteroatoms. The van der Waals surface area contributed by atoms with Gasteiger partial charge in [0, 0.05) is 4.47 Å². The van der Waals surface area contributed by atoms with Gasteiger partial charge in [0.05, 0.1) is 10.6 Å². The van der Waals surface area contributed by atoms with Gasteiger partial charge in [0.15, 0.2) is 0 Å². The van der Waals surface area contributed by atoms with Crippen molar-refractivity contribution in [3.05, 3.63) is 82.3 Å². The highest BCUT2D eigenvalue weighted by Gasteiger charge is 2.15. The lowest BCUT2D eigenvalue weighted by molar-refractivity contribution is 0.601. The molecule has 0 saturated carbocycles. The summed E-state index contributed by atoms with van der Waals surface area (Å²) in [7, 11) is -3.62. The Balaban J connectivity index is 1.87. The molecule has 0 aromatic heterocycles. The second-order valence-electron chi connectivity index (χ2n) is 6.14. The zero-order valence-electron chi connectivity index (χ0n) is 14.7. The Bertz CT molecular complexity index is 1010. The fourth-order valence-corrected chi connectivity index (χ4v) is 4.06. The molecule has 0 aliphatic heterocycles. The van der Waals surface area contributed by atoms with E-state index in [9.17, 15) is 8.42 Å². The zero-order valence-corrected chi connectivity index (χ0v) is 17.1. The van der Waals surface area contributed by atoms with Gasteiger partial charge in [-0.25, -0.2) is 8.42 Å². The Hall–Kier alpha value is -2.11. The van der Waals surface area contributed by atoms with E-state index in [0.717, 1.165) is 33.1 Å². The summed E-state index contributed by atoms with van der Waals surface area (Å²) in [5.74, 6) is 0. The third kappa shape index (κ3) is 4.17. The highest BCUT2D eigenvalue weighted by atomic mass is 79.9. The smallest absolute Gasteiger partial charge is 0.261 e. The van der Waals surface area contributed by atoms with Gasteiger partial charge in [-0.15, -0.1) is 0 Å². The van der Waals surface area contributed by atoms with E-state index < -0.39 is 10.0 Å². The van der Waals surface area contributed by atoms with Crippen LogP contribution in [-0.2, 0) is 16.4 Å². The van der Waals surface area contributed by atoms with Crippen molar-refractivity contribution in [1.82, 2.24) is 0 Å². The number of rotatable bonds is 5. The van der Waals surface area contributed by atoms with Crippen LogP contribution in [0.25, 0.3) is 11.1 Å². The Morgan fingerprint density at radius 2 is 1.46 bits per heavy atom. The molecule has 134 valence electrons. The SMILES string of the molecule is CCc1ccc(C)c(NS(=O)(=O)c2ccc(-c3ccc(Br)cc3)cc2)c1. The van der Waals surface area contributed by atoms with Crippen molar-refractivity contribution in [3.8, 4) is 11.1 Å². The molecule has 0 bridgehead atoms.